The number of hydrogen-bond acceptors (Lipinski definition) is 2. The lowest BCUT2D eigenvalue weighted by Crippen LogP contribution is -2.11. The predicted octanol–water partition coefficient (Wildman–Crippen LogP) is 1.71. The van der Waals surface area contributed by atoms with Crippen LogP contribution in [0.2, 0.25) is 0 Å². The van der Waals surface area contributed by atoms with Crippen molar-refractivity contribution in [2.75, 3.05) is 19.4 Å². The molecule has 1 rings (SSSR count). The van der Waals surface area contributed by atoms with Crippen LogP contribution in [-0.4, -0.2) is 24.9 Å². The minimum atomic E-state index is -0.0367. The molecule has 0 atom stereocenters. The van der Waals surface area contributed by atoms with E-state index in [2.05, 4.69) is 10.2 Å². The lowest BCUT2D eigenvalue weighted by molar-refractivity contribution is -0.114. The molecule has 0 aliphatic rings. The van der Waals surface area contributed by atoms with Gasteiger partial charge >= 0.3 is 0 Å². The Balaban J connectivity index is 2.63. The molecule has 3 heteroatoms. The van der Waals surface area contributed by atoms with Crippen molar-refractivity contribution in [1.29, 1.82) is 0 Å². The van der Waals surface area contributed by atoms with E-state index in [1.807, 2.05) is 38.4 Å². The smallest absolute Gasteiger partial charge is 0.221 e. The summed E-state index contributed by atoms with van der Waals surface area (Å²) in [6.45, 7) is 2.42. The Bertz CT molecular complexity index is 304. The third kappa shape index (κ3) is 3.58. The number of benzene rings is 1. The number of rotatable bonds is 3. The summed E-state index contributed by atoms with van der Waals surface area (Å²) in [5, 5.41) is 2.73. The van der Waals surface area contributed by atoms with Crippen LogP contribution in [-0.2, 0) is 11.3 Å². The van der Waals surface area contributed by atoms with E-state index in [9.17, 15) is 4.79 Å². The Morgan fingerprint density at radius 2 is 1.86 bits per heavy atom. The number of hydrogen-bond donors (Lipinski definition) is 1. The Hall–Kier alpha value is -1.35. The summed E-state index contributed by atoms with van der Waals surface area (Å²) >= 11 is 0. The maximum atomic E-state index is 10.8. The van der Waals surface area contributed by atoms with E-state index < -0.39 is 0 Å². The molecule has 1 aromatic carbocycles. The summed E-state index contributed by atoms with van der Waals surface area (Å²) in [6.07, 6.45) is 0. The van der Waals surface area contributed by atoms with Crippen molar-refractivity contribution < 1.29 is 4.79 Å². The molecular weight excluding hydrogens is 176 g/mol. The maximum Gasteiger partial charge on any atom is 0.221 e. The SMILES string of the molecule is CC(=O)Nc1ccc(CN(C)C)cc1. The molecule has 1 amide bonds. The van der Waals surface area contributed by atoms with Crippen molar-refractivity contribution in [3.63, 3.8) is 0 Å². The molecule has 0 heterocycles. The second-order valence-electron chi connectivity index (χ2n) is 3.62. The van der Waals surface area contributed by atoms with Gasteiger partial charge in [-0.3, -0.25) is 4.79 Å². The maximum absolute atomic E-state index is 10.8. The standard InChI is InChI=1S/C11H16N2O/c1-9(14)12-11-6-4-10(5-7-11)8-13(2)3/h4-7H,8H2,1-3H3,(H,12,14). The second-order valence-corrected chi connectivity index (χ2v) is 3.62. The van der Waals surface area contributed by atoms with E-state index in [4.69, 9.17) is 0 Å². The fourth-order valence-electron chi connectivity index (χ4n) is 1.26. The van der Waals surface area contributed by atoms with Gasteiger partial charge in [0.25, 0.3) is 0 Å². The van der Waals surface area contributed by atoms with Crippen molar-refractivity contribution in [1.82, 2.24) is 4.90 Å². The van der Waals surface area contributed by atoms with Gasteiger partial charge in [-0.2, -0.15) is 0 Å². The summed E-state index contributed by atoms with van der Waals surface area (Å²) in [4.78, 5) is 12.9. The average Bonchev–Trinajstić information content (AvgIpc) is 2.06. The van der Waals surface area contributed by atoms with E-state index in [0.717, 1.165) is 12.2 Å². The number of nitrogens with zero attached hydrogens (tertiary/aromatic N) is 1. The number of anilines is 1. The van der Waals surface area contributed by atoms with Gasteiger partial charge in [0.1, 0.15) is 0 Å². The Labute approximate surface area is 84.7 Å². The van der Waals surface area contributed by atoms with Gasteiger partial charge in [0.2, 0.25) is 5.91 Å². The Morgan fingerprint density at radius 3 is 2.29 bits per heavy atom. The molecule has 0 saturated heterocycles. The minimum Gasteiger partial charge on any atom is -0.326 e. The molecule has 76 valence electrons. The molecule has 3 nitrogen and oxygen atoms in total. The first-order valence-corrected chi connectivity index (χ1v) is 4.59. The van der Waals surface area contributed by atoms with Crippen LogP contribution < -0.4 is 5.32 Å². The third-order valence-electron chi connectivity index (χ3n) is 1.77. The first kappa shape index (κ1) is 10.7. The van der Waals surface area contributed by atoms with Gasteiger partial charge in [-0.1, -0.05) is 12.1 Å². The van der Waals surface area contributed by atoms with Crippen LogP contribution >= 0.6 is 0 Å². The van der Waals surface area contributed by atoms with Crippen LogP contribution in [0.25, 0.3) is 0 Å². The molecule has 0 radical (unpaired) electrons. The van der Waals surface area contributed by atoms with E-state index >= 15 is 0 Å². The normalized spacial score (nSPS) is 10.3. The molecule has 14 heavy (non-hydrogen) atoms. The first-order chi connectivity index (χ1) is 6.58. The van der Waals surface area contributed by atoms with Crippen LogP contribution in [0.15, 0.2) is 24.3 Å². The van der Waals surface area contributed by atoms with Crippen LogP contribution in [0.3, 0.4) is 0 Å². The van der Waals surface area contributed by atoms with Gasteiger partial charge in [0.05, 0.1) is 0 Å². The second kappa shape index (κ2) is 4.77. The zero-order valence-electron chi connectivity index (χ0n) is 8.87. The molecule has 1 aromatic rings. The monoisotopic (exact) mass is 192 g/mol. The molecule has 0 aromatic heterocycles. The van der Waals surface area contributed by atoms with E-state index in [-0.39, 0.29) is 5.91 Å². The van der Waals surface area contributed by atoms with Crippen molar-refractivity contribution in [2.24, 2.45) is 0 Å². The van der Waals surface area contributed by atoms with E-state index in [0.29, 0.717) is 0 Å². The number of amides is 1. The molecule has 0 aliphatic carbocycles. The lowest BCUT2D eigenvalue weighted by Gasteiger charge is -2.10. The molecule has 1 N–H and O–H groups in total. The van der Waals surface area contributed by atoms with Gasteiger partial charge < -0.3 is 10.2 Å². The summed E-state index contributed by atoms with van der Waals surface area (Å²) < 4.78 is 0. The van der Waals surface area contributed by atoms with Crippen molar-refractivity contribution in [3.8, 4) is 0 Å². The highest BCUT2D eigenvalue weighted by molar-refractivity contribution is 5.88. The summed E-state index contributed by atoms with van der Waals surface area (Å²) in [5.74, 6) is -0.0367. The van der Waals surface area contributed by atoms with Crippen molar-refractivity contribution in [2.45, 2.75) is 13.5 Å². The molecule has 0 saturated carbocycles. The van der Waals surface area contributed by atoms with Crippen molar-refractivity contribution >= 4 is 11.6 Å². The first-order valence-electron chi connectivity index (χ1n) is 4.59. The lowest BCUT2D eigenvalue weighted by atomic mass is 10.2. The van der Waals surface area contributed by atoms with Crippen molar-refractivity contribution in [3.05, 3.63) is 29.8 Å². The van der Waals surface area contributed by atoms with E-state index in [1.165, 1.54) is 12.5 Å². The Kier molecular flexibility index (Phi) is 3.65. The topological polar surface area (TPSA) is 32.3 Å². The molecular formula is C11H16N2O. The fourth-order valence-corrected chi connectivity index (χ4v) is 1.26. The highest BCUT2D eigenvalue weighted by atomic mass is 16.1. The number of carbonyl (C=O) groups is 1. The largest absolute Gasteiger partial charge is 0.326 e. The van der Waals surface area contributed by atoms with Gasteiger partial charge in [-0.25, -0.2) is 0 Å². The molecule has 0 spiro atoms. The number of nitrogens with one attached hydrogen (secondary N) is 1. The van der Waals surface area contributed by atoms with Crippen LogP contribution in [0.5, 0.6) is 0 Å². The highest BCUT2D eigenvalue weighted by Gasteiger charge is 1.97. The quantitative estimate of drug-likeness (QED) is 0.790. The zero-order valence-corrected chi connectivity index (χ0v) is 8.87. The molecule has 0 bridgehead atoms. The zero-order chi connectivity index (χ0) is 10.6. The fraction of sp³-hybridized carbons (Fsp3) is 0.364. The molecule has 0 aliphatic heterocycles. The molecule has 0 unspecified atom stereocenters. The van der Waals surface area contributed by atoms with Crippen LogP contribution in [0.4, 0.5) is 5.69 Å². The summed E-state index contributed by atoms with van der Waals surface area (Å²) in [6, 6.07) is 7.87. The summed E-state index contributed by atoms with van der Waals surface area (Å²) in [5.41, 5.74) is 2.09. The summed E-state index contributed by atoms with van der Waals surface area (Å²) in [7, 11) is 4.06. The van der Waals surface area contributed by atoms with Gasteiger partial charge in [0.15, 0.2) is 0 Å². The Morgan fingerprint density at radius 1 is 1.29 bits per heavy atom. The predicted molar refractivity (Wildman–Crippen MR) is 58.1 cm³/mol. The van der Waals surface area contributed by atoms with Crippen LogP contribution in [0.1, 0.15) is 12.5 Å². The third-order valence-corrected chi connectivity index (χ3v) is 1.77. The van der Waals surface area contributed by atoms with Crippen LogP contribution in [0, 0.1) is 0 Å². The minimum absolute atomic E-state index is 0.0367. The number of carbonyl (C=O) groups excluding carboxylic acids is 1. The van der Waals surface area contributed by atoms with Gasteiger partial charge in [-0.05, 0) is 31.8 Å². The van der Waals surface area contributed by atoms with Gasteiger partial charge in [0, 0.05) is 19.2 Å². The van der Waals surface area contributed by atoms with E-state index in [1.54, 1.807) is 0 Å². The average molecular weight is 192 g/mol. The molecule has 0 fully saturated rings. The van der Waals surface area contributed by atoms with Gasteiger partial charge in [-0.15, -0.1) is 0 Å². The highest BCUT2D eigenvalue weighted by Crippen LogP contribution is 2.10.